The van der Waals surface area contributed by atoms with Gasteiger partial charge in [0.05, 0.1) is 30.2 Å². The van der Waals surface area contributed by atoms with E-state index in [1.165, 1.54) is 0 Å². The molecule has 0 unspecified atom stereocenters. The monoisotopic (exact) mass is 804 g/mol. The summed E-state index contributed by atoms with van der Waals surface area (Å²) in [7, 11) is 0. The number of anilines is 2. The van der Waals surface area contributed by atoms with Crippen LogP contribution in [0.5, 0.6) is 0 Å². The zero-order valence-electron chi connectivity index (χ0n) is 34.7. The Kier molecular flexibility index (Phi) is 15.3. The predicted molar refractivity (Wildman–Crippen MR) is 230 cm³/mol. The largest absolute Gasteiger partial charge is 0.459 e. The number of benzene rings is 4. The van der Waals surface area contributed by atoms with Crippen LogP contribution < -0.4 is 16.4 Å². The quantitative estimate of drug-likeness (QED) is 0.0469. The van der Waals surface area contributed by atoms with Gasteiger partial charge in [0.25, 0.3) is 0 Å². The highest BCUT2D eigenvalue weighted by Gasteiger charge is 2.39. The van der Waals surface area contributed by atoms with Crippen molar-refractivity contribution in [1.29, 1.82) is 0 Å². The number of aliphatic hydroxyl groups is 1. The van der Waals surface area contributed by atoms with Crippen molar-refractivity contribution in [2.45, 2.75) is 122 Å². The van der Waals surface area contributed by atoms with Crippen LogP contribution in [-0.2, 0) is 41.7 Å². The average Bonchev–Trinajstić information content (AvgIpc) is 3.70. The molecule has 0 radical (unpaired) electrons. The molecule has 0 aliphatic carbocycles. The zero-order valence-corrected chi connectivity index (χ0v) is 34.7. The van der Waals surface area contributed by atoms with Crippen molar-refractivity contribution < 1.29 is 33.7 Å². The standard InChI is InChI=1S/C48H60N4O7/c1-48(2,3)59-46(56)42-16-11-27-52(42)31-39-29-43(36-21-19-33(32-53)20-22-36)58-47(57-39)37-25-23-35(24-26-37)38-13-10-12-34(28-38)30-50-44(54)17-6-4-5-7-18-45(55)51-41-15-9-8-14-40(41)49/h8-10,12-15,19-26,28,39,42-43,47,53H,4-7,11,16-18,27,29-32,49H2,1-3H3,(H,50,54)(H,51,55)/t39-,42+,43+,47+/m1/s1. The molecule has 0 aromatic heterocycles. The summed E-state index contributed by atoms with van der Waals surface area (Å²) < 4.78 is 19.0. The summed E-state index contributed by atoms with van der Waals surface area (Å²) in [5, 5.41) is 15.5. The molecule has 2 aliphatic heterocycles. The van der Waals surface area contributed by atoms with Crippen molar-refractivity contribution in [3.8, 4) is 11.1 Å². The van der Waals surface area contributed by atoms with Crippen LogP contribution in [0.4, 0.5) is 11.4 Å². The van der Waals surface area contributed by atoms with E-state index in [1.807, 2.05) is 81.4 Å². The number of nitrogens with two attached hydrogens (primary N) is 1. The smallest absolute Gasteiger partial charge is 0.323 e. The summed E-state index contributed by atoms with van der Waals surface area (Å²) in [6, 6.07) is 31.1. The van der Waals surface area contributed by atoms with Crippen LogP contribution in [-0.4, -0.2) is 58.6 Å². The van der Waals surface area contributed by atoms with Crippen LogP contribution in [0.25, 0.3) is 11.1 Å². The molecule has 2 saturated heterocycles. The predicted octanol–water partition coefficient (Wildman–Crippen LogP) is 8.38. The summed E-state index contributed by atoms with van der Waals surface area (Å²) >= 11 is 0. The number of rotatable bonds is 17. The van der Waals surface area contributed by atoms with Crippen LogP contribution in [0, 0.1) is 0 Å². The number of unbranched alkanes of at least 4 members (excludes halogenated alkanes) is 3. The third-order valence-electron chi connectivity index (χ3n) is 10.8. The second-order valence-electron chi connectivity index (χ2n) is 16.7. The van der Waals surface area contributed by atoms with Gasteiger partial charge in [0.2, 0.25) is 11.8 Å². The van der Waals surface area contributed by atoms with E-state index in [4.69, 9.17) is 19.9 Å². The van der Waals surface area contributed by atoms with Crippen molar-refractivity contribution >= 4 is 29.2 Å². The van der Waals surface area contributed by atoms with E-state index >= 15 is 0 Å². The highest BCUT2D eigenvalue weighted by atomic mass is 16.7. The minimum atomic E-state index is -0.617. The average molecular weight is 805 g/mol. The van der Waals surface area contributed by atoms with Crippen molar-refractivity contribution in [2.75, 3.05) is 24.1 Å². The number of para-hydroxylation sites is 2. The minimum Gasteiger partial charge on any atom is -0.459 e. The van der Waals surface area contributed by atoms with E-state index < -0.39 is 11.9 Å². The van der Waals surface area contributed by atoms with E-state index in [2.05, 4.69) is 39.8 Å². The van der Waals surface area contributed by atoms with Gasteiger partial charge in [0.15, 0.2) is 6.29 Å². The van der Waals surface area contributed by atoms with Gasteiger partial charge >= 0.3 is 5.97 Å². The molecule has 4 aromatic carbocycles. The number of carbonyl (C=O) groups is 3. The molecule has 4 aromatic rings. The molecule has 5 N–H and O–H groups in total. The Hall–Kier alpha value is -5.07. The van der Waals surface area contributed by atoms with Gasteiger partial charge in [-0.25, -0.2) is 0 Å². The van der Waals surface area contributed by atoms with Gasteiger partial charge in [-0.2, -0.15) is 0 Å². The molecule has 2 amide bonds. The molecule has 11 nitrogen and oxygen atoms in total. The molecule has 2 fully saturated rings. The van der Waals surface area contributed by atoms with Crippen molar-refractivity contribution in [1.82, 2.24) is 10.2 Å². The van der Waals surface area contributed by atoms with Crippen LogP contribution >= 0.6 is 0 Å². The van der Waals surface area contributed by atoms with Crippen LogP contribution in [0.3, 0.4) is 0 Å². The third kappa shape index (κ3) is 13.0. The molecule has 314 valence electrons. The number of aliphatic hydroxyl groups excluding tert-OH is 1. The van der Waals surface area contributed by atoms with Crippen LogP contribution in [0.2, 0.25) is 0 Å². The Bertz CT molecular complexity index is 2000. The summed E-state index contributed by atoms with van der Waals surface area (Å²) in [6.07, 6.45) is 5.41. The molecule has 0 bridgehead atoms. The van der Waals surface area contributed by atoms with Gasteiger partial charge in [-0.05, 0) is 99.0 Å². The lowest BCUT2D eigenvalue weighted by Gasteiger charge is -2.38. The van der Waals surface area contributed by atoms with Crippen molar-refractivity contribution in [3.63, 3.8) is 0 Å². The maximum atomic E-state index is 13.1. The molecular formula is C48H60N4O7. The molecule has 59 heavy (non-hydrogen) atoms. The number of hydrogen-bond donors (Lipinski definition) is 4. The minimum absolute atomic E-state index is 0.00979. The Labute approximate surface area is 348 Å². The number of nitrogens with one attached hydrogen (secondary N) is 2. The van der Waals surface area contributed by atoms with Crippen molar-refractivity contribution in [2.24, 2.45) is 0 Å². The lowest BCUT2D eigenvalue weighted by atomic mass is 9.98. The number of nitrogens with zero attached hydrogens (tertiary/aromatic N) is 1. The van der Waals surface area contributed by atoms with Gasteiger partial charge < -0.3 is 35.7 Å². The van der Waals surface area contributed by atoms with E-state index in [0.717, 1.165) is 78.5 Å². The van der Waals surface area contributed by atoms with Gasteiger partial charge in [-0.1, -0.05) is 91.7 Å². The Morgan fingerprint density at radius 3 is 2.24 bits per heavy atom. The molecule has 2 heterocycles. The Morgan fingerprint density at radius 1 is 0.814 bits per heavy atom. The number of carbonyl (C=O) groups excluding carboxylic acids is 3. The molecule has 4 atom stereocenters. The van der Waals surface area contributed by atoms with E-state index in [-0.39, 0.29) is 42.6 Å². The molecule has 0 spiro atoms. The van der Waals surface area contributed by atoms with Crippen molar-refractivity contribution in [3.05, 3.63) is 119 Å². The first-order valence-corrected chi connectivity index (χ1v) is 21.0. The molecule has 6 rings (SSSR count). The first-order valence-electron chi connectivity index (χ1n) is 21.0. The van der Waals surface area contributed by atoms with Gasteiger partial charge in [-0.3, -0.25) is 19.3 Å². The maximum absolute atomic E-state index is 13.1. The second kappa shape index (κ2) is 20.8. The summed E-state index contributed by atoms with van der Waals surface area (Å²) in [5.74, 6) is -0.231. The van der Waals surface area contributed by atoms with Gasteiger partial charge in [0, 0.05) is 37.9 Å². The molecule has 11 heteroatoms. The maximum Gasteiger partial charge on any atom is 0.323 e. The topological polar surface area (TPSA) is 152 Å². The fraction of sp³-hybridized carbons (Fsp3) is 0.438. The zero-order chi connectivity index (χ0) is 41.8. The summed E-state index contributed by atoms with van der Waals surface area (Å²) in [5.41, 5.74) is 12.4. The molecule has 0 saturated carbocycles. The van der Waals surface area contributed by atoms with Crippen LogP contribution in [0.15, 0.2) is 97.1 Å². The fourth-order valence-electron chi connectivity index (χ4n) is 7.71. The first kappa shape index (κ1) is 43.5. The highest BCUT2D eigenvalue weighted by Crippen LogP contribution is 2.39. The normalized spacial score (nSPS) is 19.6. The third-order valence-corrected chi connectivity index (χ3v) is 10.8. The molecule has 2 aliphatic rings. The number of hydrogen-bond acceptors (Lipinski definition) is 9. The fourth-order valence-corrected chi connectivity index (χ4v) is 7.71. The van der Waals surface area contributed by atoms with E-state index in [9.17, 15) is 19.5 Å². The lowest BCUT2D eigenvalue weighted by molar-refractivity contribution is -0.253. The molecular weight excluding hydrogens is 745 g/mol. The number of amides is 2. The first-order chi connectivity index (χ1) is 28.4. The van der Waals surface area contributed by atoms with Crippen LogP contribution in [0.1, 0.15) is 113 Å². The van der Waals surface area contributed by atoms with Gasteiger partial charge in [-0.15, -0.1) is 0 Å². The Balaban J connectivity index is 1.01. The SMILES string of the molecule is CC(C)(C)OC(=O)[C@@H]1CCCN1C[C@H]1C[C@@H](c2ccc(CO)cc2)O[C@@H](c2ccc(-c3cccc(CNC(=O)CCCCCCC(=O)Nc4ccccc4N)c3)cc2)O1. The summed E-state index contributed by atoms with van der Waals surface area (Å²) in [6.45, 7) is 7.49. The van der Waals surface area contributed by atoms with E-state index in [1.54, 1.807) is 12.1 Å². The number of likely N-dealkylation sites (tertiary alicyclic amines) is 1. The number of ether oxygens (including phenoxy) is 3. The number of nitrogen functional groups attached to an aromatic ring is 1. The van der Waals surface area contributed by atoms with Gasteiger partial charge in [0.1, 0.15) is 11.6 Å². The van der Waals surface area contributed by atoms with E-state index in [0.29, 0.717) is 43.7 Å². The Morgan fingerprint density at radius 2 is 1.53 bits per heavy atom. The highest BCUT2D eigenvalue weighted by molar-refractivity contribution is 5.93. The summed E-state index contributed by atoms with van der Waals surface area (Å²) in [4.78, 5) is 40.2. The number of esters is 1. The second-order valence-corrected chi connectivity index (χ2v) is 16.7. The lowest BCUT2D eigenvalue weighted by Crippen LogP contribution is -2.45.